The zero-order chi connectivity index (χ0) is 29.5. The second kappa shape index (κ2) is 11.1. The number of alkyl carbamates (subject to hydrolysis) is 1. The van der Waals surface area contributed by atoms with E-state index in [9.17, 15) is 14.4 Å². The third-order valence-corrected chi connectivity index (χ3v) is 7.58. The lowest BCUT2D eigenvalue weighted by Gasteiger charge is -2.34. The van der Waals surface area contributed by atoms with Crippen LogP contribution in [0, 0.1) is 0 Å². The second-order valence-electron chi connectivity index (χ2n) is 11.3. The molecule has 0 bridgehead atoms. The van der Waals surface area contributed by atoms with Crippen LogP contribution >= 0.6 is 11.6 Å². The number of anilines is 1. The van der Waals surface area contributed by atoms with Crippen molar-refractivity contribution in [3.05, 3.63) is 69.0 Å². The van der Waals surface area contributed by atoms with Gasteiger partial charge in [0.15, 0.2) is 0 Å². The molecule has 1 amide bonds. The van der Waals surface area contributed by atoms with Crippen LogP contribution in [0.3, 0.4) is 0 Å². The van der Waals surface area contributed by atoms with Gasteiger partial charge in [0.2, 0.25) is 5.95 Å². The van der Waals surface area contributed by atoms with E-state index in [-0.39, 0.29) is 18.1 Å². The monoisotopic (exact) mass is 579 g/mol. The Balaban J connectivity index is 1.69. The first kappa shape index (κ1) is 28.5. The van der Waals surface area contributed by atoms with Crippen LogP contribution in [0.5, 0.6) is 0 Å². The molecule has 1 fully saturated rings. The van der Waals surface area contributed by atoms with Crippen molar-refractivity contribution in [1.29, 1.82) is 0 Å². The highest BCUT2D eigenvalue weighted by atomic mass is 35.5. The molecule has 216 valence electrons. The summed E-state index contributed by atoms with van der Waals surface area (Å²) in [4.78, 5) is 46.3. The number of rotatable bonds is 5. The third kappa shape index (κ3) is 5.61. The van der Waals surface area contributed by atoms with E-state index in [0.29, 0.717) is 51.6 Å². The summed E-state index contributed by atoms with van der Waals surface area (Å²) in [5, 5.41) is 4.08. The SMILES string of the molecule is COC(=O)c1cccc2c1c1nc(N3CCC[C@@H](NC(=O)OC(C)(C)C)C3)n(Cc3ccccc3Cl)c1c(=O)n2C. The first-order valence-electron chi connectivity index (χ1n) is 13.6. The smallest absolute Gasteiger partial charge is 0.407 e. The highest BCUT2D eigenvalue weighted by molar-refractivity contribution is 6.31. The average molecular weight is 580 g/mol. The van der Waals surface area contributed by atoms with Gasteiger partial charge in [-0.2, -0.15) is 0 Å². The number of fused-ring (bicyclic) bond motifs is 3. The summed E-state index contributed by atoms with van der Waals surface area (Å²) in [5.74, 6) is 0.0391. The van der Waals surface area contributed by atoms with Crippen LogP contribution in [0.25, 0.3) is 21.9 Å². The highest BCUT2D eigenvalue weighted by Crippen LogP contribution is 2.32. The Kier molecular flexibility index (Phi) is 7.70. The molecular formula is C30H34ClN5O5. The number of imidazole rings is 1. The zero-order valence-electron chi connectivity index (χ0n) is 23.9. The molecule has 1 aliphatic heterocycles. The Hall–Kier alpha value is -4.05. The van der Waals surface area contributed by atoms with Crippen molar-refractivity contribution < 1.29 is 19.1 Å². The minimum absolute atomic E-state index is 0.183. The number of carbonyl (C=O) groups excluding carboxylic acids is 2. The molecule has 10 nitrogen and oxygen atoms in total. The molecule has 1 aliphatic rings. The fourth-order valence-corrected chi connectivity index (χ4v) is 5.58. The van der Waals surface area contributed by atoms with Crippen LogP contribution < -0.4 is 15.8 Å². The fraction of sp³-hybridized carbons (Fsp3) is 0.400. The zero-order valence-corrected chi connectivity index (χ0v) is 24.6. The van der Waals surface area contributed by atoms with Gasteiger partial charge in [0.25, 0.3) is 5.56 Å². The van der Waals surface area contributed by atoms with Crippen molar-refractivity contribution in [1.82, 2.24) is 19.4 Å². The predicted molar refractivity (Wildman–Crippen MR) is 159 cm³/mol. The maximum atomic E-state index is 13.9. The number of hydrogen-bond donors (Lipinski definition) is 1. The van der Waals surface area contributed by atoms with Gasteiger partial charge in [-0.1, -0.05) is 35.9 Å². The summed E-state index contributed by atoms with van der Waals surface area (Å²) >= 11 is 6.56. The lowest BCUT2D eigenvalue weighted by molar-refractivity contribution is 0.0498. The van der Waals surface area contributed by atoms with E-state index in [4.69, 9.17) is 26.1 Å². The Labute approximate surface area is 242 Å². The van der Waals surface area contributed by atoms with Crippen molar-refractivity contribution in [3.8, 4) is 0 Å². The molecule has 41 heavy (non-hydrogen) atoms. The lowest BCUT2D eigenvalue weighted by Crippen LogP contribution is -2.49. The molecule has 0 aliphatic carbocycles. The summed E-state index contributed by atoms with van der Waals surface area (Å²) in [5.41, 5.74) is 1.62. The van der Waals surface area contributed by atoms with Crippen molar-refractivity contribution in [2.24, 2.45) is 7.05 Å². The molecule has 1 N–H and O–H groups in total. The number of nitrogens with zero attached hydrogens (tertiary/aromatic N) is 4. The lowest BCUT2D eigenvalue weighted by atomic mass is 10.1. The Bertz CT molecular complexity index is 1700. The quantitative estimate of drug-likeness (QED) is 0.336. The summed E-state index contributed by atoms with van der Waals surface area (Å²) < 4.78 is 13.9. The van der Waals surface area contributed by atoms with Gasteiger partial charge in [-0.05, 0) is 57.4 Å². The Morgan fingerprint density at radius 3 is 2.61 bits per heavy atom. The van der Waals surface area contributed by atoms with E-state index in [0.717, 1.165) is 18.4 Å². The summed E-state index contributed by atoms with van der Waals surface area (Å²) in [6, 6.07) is 12.5. The number of amides is 1. The molecule has 1 atom stereocenters. The number of hydrogen-bond acceptors (Lipinski definition) is 7. The molecule has 1 saturated heterocycles. The molecule has 11 heteroatoms. The second-order valence-corrected chi connectivity index (χ2v) is 11.7. The molecule has 3 heterocycles. The first-order valence-corrected chi connectivity index (χ1v) is 13.9. The number of nitrogens with one attached hydrogen (secondary N) is 1. The molecule has 4 aromatic rings. The Morgan fingerprint density at radius 1 is 1.15 bits per heavy atom. The van der Waals surface area contributed by atoms with Gasteiger partial charge in [0.05, 0.1) is 24.7 Å². The largest absolute Gasteiger partial charge is 0.465 e. The predicted octanol–water partition coefficient (Wildman–Crippen LogP) is 4.87. The Morgan fingerprint density at radius 2 is 1.90 bits per heavy atom. The van der Waals surface area contributed by atoms with Gasteiger partial charge in [-0.3, -0.25) is 4.79 Å². The fourth-order valence-electron chi connectivity index (χ4n) is 5.39. The number of aromatic nitrogens is 3. The van der Waals surface area contributed by atoms with Gasteiger partial charge in [-0.25, -0.2) is 14.6 Å². The van der Waals surface area contributed by atoms with Crippen LogP contribution in [0.1, 0.15) is 49.5 Å². The first-order chi connectivity index (χ1) is 19.5. The van der Waals surface area contributed by atoms with Gasteiger partial charge in [0, 0.05) is 36.6 Å². The number of esters is 1. The number of carbonyl (C=O) groups is 2. The average Bonchev–Trinajstić information content (AvgIpc) is 3.30. The number of ether oxygens (including phenoxy) is 2. The number of aryl methyl sites for hydroxylation is 1. The van der Waals surface area contributed by atoms with E-state index >= 15 is 0 Å². The molecule has 0 unspecified atom stereocenters. The van der Waals surface area contributed by atoms with Crippen LogP contribution in [0.15, 0.2) is 47.3 Å². The van der Waals surface area contributed by atoms with Crippen LogP contribution in [0.4, 0.5) is 10.7 Å². The number of halogens is 1. The number of benzene rings is 2. The van der Waals surface area contributed by atoms with Gasteiger partial charge < -0.3 is 28.8 Å². The van der Waals surface area contributed by atoms with Crippen LogP contribution in [0.2, 0.25) is 5.02 Å². The molecule has 0 radical (unpaired) electrons. The minimum Gasteiger partial charge on any atom is -0.465 e. The topological polar surface area (TPSA) is 108 Å². The molecule has 0 saturated carbocycles. The van der Waals surface area contributed by atoms with E-state index < -0.39 is 17.7 Å². The molecule has 2 aromatic heterocycles. The summed E-state index contributed by atoms with van der Waals surface area (Å²) in [6.07, 6.45) is 1.09. The number of methoxy groups -OCH3 is 1. The number of piperidine rings is 1. The van der Waals surface area contributed by atoms with E-state index in [1.165, 1.54) is 11.7 Å². The normalized spacial score (nSPS) is 15.8. The molecule has 5 rings (SSSR count). The van der Waals surface area contributed by atoms with Crippen LogP contribution in [-0.2, 0) is 23.1 Å². The van der Waals surface area contributed by atoms with Gasteiger partial charge in [-0.15, -0.1) is 0 Å². The van der Waals surface area contributed by atoms with E-state index in [2.05, 4.69) is 10.2 Å². The van der Waals surface area contributed by atoms with Crippen molar-refractivity contribution >= 4 is 51.5 Å². The standard InChI is InChI=1S/C30H34ClN5O5/c1-30(2,3)41-29(39)32-19-11-9-15-35(17-19)28-33-24-23-20(27(38)40-5)12-8-14-22(23)34(4)26(37)25(24)36(28)16-18-10-6-7-13-21(18)31/h6-8,10,12-14,19H,9,11,15-17H2,1-5H3,(H,32,39)/t19-/m1/s1. The maximum absolute atomic E-state index is 13.9. The van der Waals surface area contributed by atoms with Crippen molar-refractivity contribution in [2.45, 2.75) is 51.8 Å². The molecular weight excluding hydrogens is 546 g/mol. The van der Waals surface area contributed by atoms with Gasteiger partial charge in [0.1, 0.15) is 16.6 Å². The number of pyridine rings is 1. The van der Waals surface area contributed by atoms with Crippen molar-refractivity contribution in [3.63, 3.8) is 0 Å². The van der Waals surface area contributed by atoms with E-state index in [1.54, 1.807) is 31.3 Å². The maximum Gasteiger partial charge on any atom is 0.407 e. The highest BCUT2D eigenvalue weighted by Gasteiger charge is 2.30. The molecule has 2 aromatic carbocycles. The van der Waals surface area contributed by atoms with Crippen LogP contribution in [-0.4, -0.2) is 58.0 Å². The van der Waals surface area contributed by atoms with E-state index in [1.807, 2.05) is 43.5 Å². The minimum atomic E-state index is -0.611. The summed E-state index contributed by atoms with van der Waals surface area (Å²) in [7, 11) is 3.01. The summed E-state index contributed by atoms with van der Waals surface area (Å²) in [6.45, 7) is 6.89. The molecule has 0 spiro atoms. The van der Waals surface area contributed by atoms with Crippen molar-refractivity contribution in [2.75, 3.05) is 25.1 Å². The van der Waals surface area contributed by atoms with Gasteiger partial charge >= 0.3 is 12.1 Å². The third-order valence-electron chi connectivity index (χ3n) is 7.21.